The van der Waals surface area contributed by atoms with Crippen molar-refractivity contribution in [3.8, 4) is 0 Å². The lowest BCUT2D eigenvalue weighted by atomic mass is 9.67. The zero-order valence-electron chi connectivity index (χ0n) is 16.6. The molecule has 2 heteroatoms. The highest BCUT2D eigenvalue weighted by atomic mass is 16.1. The van der Waals surface area contributed by atoms with Crippen LogP contribution in [0.25, 0.3) is 0 Å². The minimum absolute atomic E-state index is 0.0141. The zero-order chi connectivity index (χ0) is 19.5. The van der Waals surface area contributed by atoms with Crippen LogP contribution >= 0.6 is 0 Å². The number of quaternary nitrogens is 1. The molecule has 4 rings (SSSR count). The highest BCUT2D eigenvalue weighted by Gasteiger charge is 2.47. The average molecular weight is 371 g/mol. The van der Waals surface area contributed by atoms with Gasteiger partial charge in [-0.1, -0.05) is 97.9 Å². The van der Waals surface area contributed by atoms with Crippen LogP contribution in [0, 0.1) is 11.8 Å². The van der Waals surface area contributed by atoms with E-state index in [1.165, 1.54) is 16.0 Å². The zero-order valence-corrected chi connectivity index (χ0v) is 16.6. The van der Waals surface area contributed by atoms with Gasteiger partial charge in [-0.25, -0.2) is 0 Å². The van der Waals surface area contributed by atoms with Gasteiger partial charge in [-0.2, -0.15) is 0 Å². The standard InChI is InChI=1S/C26H27NO/c1-19-24(20-12-6-3-7-13-20)23(26(28)22-16-10-5-11-17-22)18-27(2)25(19)21-14-8-4-9-15-21/h3-17,19,23-25H,18H2,1-2H3/p+1. The Morgan fingerprint density at radius 1 is 0.786 bits per heavy atom. The molecule has 1 aliphatic heterocycles. The Morgan fingerprint density at radius 3 is 1.86 bits per heavy atom. The van der Waals surface area contributed by atoms with E-state index in [1.54, 1.807) is 0 Å². The number of carbonyl (C=O) groups is 1. The lowest BCUT2D eigenvalue weighted by Crippen LogP contribution is -3.12. The molecule has 0 spiro atoms. The number of hydrogen-bond donors (Lipinski definition) is 1. The molecule has 0 amide bonds. The van der Waals surface area contributed by atoms with Crippen molar-refractivity contribution in [3.05, 3.63) is 108 Å². The summed E-state index contributed by atoms with van der Waals surface area (Å²) >= 11 is 0. The van der Waals surface area contributed by atoms with Crippen LogP contribution in [-0.2, 0) is 0 Å². The van der Waals surface area contributed by atoms with E-state index >= 15 is 0 Å². The minimum Gasteiger partial charge on any atom is -0.330 e. The highest BCUT2D eigenvalue weighted by molar-refractivity contribution is 5.98. The molecule has 1 saturated heterocycles. The van der Waals surface area contributed by atoms with Crippen LogP contribution in [0.3, 0.4) is 0 Å². The molecule has 5 unspecified atom stereocenters. The van der Waals surface area contributed by atoms with E-state index in [4.69, 9.17) is 0 Å². The topological polar surface area (TPSA) is 21.5 Å². The summed E-state index contributed by atoms with van der Waals surface area (Å²) in [6, 6.07) is 31.6. The molecule has 0 bridgehead atoms. The number of Topliss-reactive ketones (excluding diaryl/α,β-unsaturated/α-hetero) is 1. The number of rotatable bonds is 4. The first-order valence-corrected chi connectivity index (χ1v) is 10.2. The van der Waals surface area contributed by atoms with Crippen LogP contribution in [0.4, 0.5) is 0 Å². The summed E-state index contributed by atoms with van der Waals surface area (Å²) in [5.41, 5.74) is 3.46. The lowest BCUT2D eigenvalue weighted by Gasteiger charge is -2.44. The van der Waals surface area contributed by atoms with Gasteiger partial charge in [-0.15, -0.1) is 0 Å². The van der Waals surface area contributed by atoms with Crippen LogP contribution in [-0.4, -0.2) is 19.4 Å². The van der Waals surface area contributed by atoms with Crippen molar-refractivity contribution in [2.75, 3.05) is 13.6 Å². The van der Waals surface area contributed by atoms with E-state index in [2.05, 4.69) is 74.6 Å². The maximum absolute atomic E-state index is 13.5. The fourth-order valence-electron chi connectivity index (χ4n) is 5.16. The minimum atomic E-state index is -0.0141. The third-order valence-corrected chi connectivity index (χ3v) is 6.34. The van der Waals surface area contributed by atoms with Crippen molar-refractivity contribution < 1.29 is 9.69 Å². The second kappa shape index (κ2) is 8.12. The highest BCUT2D eigenvalue weighted by Crippen LogP contribution is 2.41. The maximum atomic E-state index is 13.5. The fraction of sp³-hybridized carbons (Fsp3) is 0.269. The summed E-state index contributed by atoms with van der Waals surface area (Å²) in [6.45, 7) is 3.17. The van der Waals surface area contributed by atoms with Crippen LogP contribution in [0.15, 0.2) is 91.0 Å². The molecule has 0 aliphatic carbocycles. The molecule has 0 radical (unpaired) electrons. The molecule has 3 aromatic carbocycles. The molecule has 5 atom stereocenters. The van der Waals surface area contributed by atoms with Crippen molar-refractivity contribution in [3.63, 3.8) is 0 Å². The van der Waals surface area contributed by atoms with Crippen LogP contribution in [0.2, 0.25) is 0 Å². The number of hydrogen-bond acceptors (Lipinski definition) is 1. The van der Waals surface area contributed by atoms with Gasteiger partial charge in [0.1, 0.15) is 6.04 Å². The molecule has 1 aliphatic rings. The van der Waals surface area contributed by atoms with Gasteiger partial charge in [0.15, 0.2) is 5.78 Å². The summed E-state index contributed by atoms with van der Waals surface area (Å²) in [5.74, 6) is 0.825. The summed E-state index contributed by atoms with van der Waals surface area (Å²) in [7, 11) is 2.24. The smallest absolute Gasteiger partial charge is 0.172 e. The van der Waals surface area contributed by atoms with E-state index in [1.807, 2.05) is 30.3 Å². The van der Waals surface area contributed by atoms with Crippen LogP contribution < -0.4 is 4.90 Å². The Labute approximate surface area is 167 Å². The SMILES string of the molecule is CC1C(c2ccccc2)C(C(=O)c2ccccc2)C[NH+](C)C1c1ccccc1. The molecule has 1 heterocycles. The van der Waals surface area contributed by atoms with Gasteiger partial charge in [0.25, 0.3) is 0 Å². The molecule has 1 fully saturated rings. The Bertz CT molecular complexity index is 907. The predicted octanol–water partition coefficient (Wildman–Crippen LogP) is 4.18. The summed E-state index contributed by atoms with van der Waals surface area (Å²) in [6.07, 6.45) is 0. The first-order chi connectivity index (χ1) is 13.7. The third-order valence-electron chi connectivity index (χ3n) is 6.34. The fourth-order valence-corrected chi connectivity index (χ4v) is 5.16. The summed E-state index contributed by atoms with van der Waals surface area (Å²) in [5, 5.41) is 0. The third kappa shape index (κ3) is 3.53. The number of ketones is 1. The maximum Gasteiger partial charge on any atom is 0.172 e. The molecule has 28 heavy (non-hydrogen) atoms. The van der Waals surface area contributed by atoms with E-state index in [-0.39, 0.29) is 17.6 Å². The van der Waals surface area contributed by atoms with E-state index < -0.39 is 0 Å². The van der Waals surface area contributed by atoms with Gasteiger partial charge in [-0.3, -0.25) is 4.79 Å². The molecule has 142 valence electrons. The number of piperidine rings is 1. The normalized spacial score (nSPS) is 27.3. The van der Waals surface area contributed by atoms with Gasteiger partial charge in [0, 0.05) is 23.0 Å². The van der Waals surface area contributed by atoms with Crippen molar-refractivity contribution in [1.82, 2.24) is 0 Å². The predicted molar refractivity (Wildman–Crippen MR) is 114 cm³/mol. The Balaban J connectivity index is 1.75. The van der Waals surface area contributed by atoms with Crippen molar-refractivity contribution in [2.24, 2.45) is 11.8 Å². The van der Waals surface area contributed by atoms with Crippen molar-refractivity contribution in [1.29, 1.82) is 0 Å². The van der Waals surface area contributed by atoms with E-state index in [0.717, 1.165) is 12.1 Å². The first kappa shape index (κ1) is 18.6. The number of carbonyl (C=O) groups excluding carboxylic acids is 1. The number of benzene rings is 3. The Hall–Kier alpha value is -2.71. The largest absolute Gasteiger partial charge is 0.330 e. The molecule has 2 nitrogen and oxygen atoms in total. The molecular weight excluding hydrogens is 342 g/mol. The van der Waals surface area contributed by atoms with Gasteiger partial charge >= 0.3 is 0 Å². The van der Waals surface area contributed by atoms with E-state index in [9.17, 15) is 4.79 Å². The monoisotopic (exact) mass is 370 g/mol. The summed E-state index contributed by atoms with van der Waals surface area (Å²) in [4.78, 5) is 14.9. The van der Waals surface area contributed by atoms with Crippen LogP contribution in [0.1, 0.15) is 40.4 Å². The van der Waals surface area contributed by atoms with Gasteiger partial charge in [0.05, 0.1) is 19.5 Å². The quantitative estimate of drug-likeness (QED) is 0.684. The Kier molecular flexibility index (Phi) is 5.40. The Morgan fingerprint density at radius 2 is 1.29 bits per heavy atom. The molecule has 1 N–H and O–H groups in total. The number of nitrogens with one attached hydrogen (secondary N) is 1. The first-order valence-electron chi connectivity index (χ1n) is 10.2. The van der Waals surface area contributed by atoms with Gasteiger partial charge in [0.2, 0.25) is 0 Å². The molecule has 0 aromatic heterocycles. The summed E-state index contributed by atoms with van der Waals surface area (Å²) < 4.78 is 0. The molecule has 3 aromatic rings. The second-order valence-corrected chi connectivity index (χ2v) is 8.07. The average Bonchev–Trinajstić information content (AvgIpc) is 2.75. The van der Waals surface area contributed by atoms with Crippen LogP contribution in [0.5, 0.6) is 0 Å². The lowest BCUT2D eigenvalue weighted by molar-refractivity contribution is -0.925. The van der Waals surface area contributed by atoms with Gasteiger partial charge in [-0.05, 0) is 5.56 Å². The van der Waals surface area contributed by atoms with Crippen molar-refractivity contribution in [2.45, 2.75) is 18.9 Å². The van der Waals surface area contributed by atoms with Gasteiger partial charge < -0.3 is 4.90 Å². The number of likely N-dealkylation sites (tertiary alicyclic amines) is 1. The van der Waals surface area contributed by atoms with Crippen molar-refractivity contribution >= 4 is 5.78 Å². The molecular formula is C26H28NO+. The molecule has 0 saturated carbocycles. The second-order valence-electron chi connectivity index (χ2n) is 8.07. The van der Waals surface area contributed by atoms with E-state index in [0.29, 0.717) is 12.0 Å².